The average molecular weight is 377 g/mol. The van der Waals surface area contributed by atoms with Crippen molar-refractivity contribution in [2.24, 2.45) is 0 Å². The van der Waals surface area contributed by atoms with Crippen LogP contribution in [0.5, 0.6) is 0 Å². The van der Waals surface area contributed by atoms with Gasteiger partial charge in [-0.1, -0.05) is 18.6 Å². The van der Waals surface area contributed by atoms with E-state index >= 15 is 0 Å². The van der Waals surface area contributed by atoms with Crippen molar-refractivity contribution in [3.8, 4) is 0 Å². The third-order valence-electron chi connectivity index (χ3n) is 4.63. The van der Waals surface area contributed by atoms with E-state index in [1.165, 1.54) is 36.7 Å². The number of hydrogen-bond acceptors (Lipinski definition) is 5. The standard InChI is InChI=1S/C19H25FN4OS/c1-23(11-12-24-9-5-2-6-10-24)18(25)13-15-14-26-19(21-15)22-17-8-4-3-7-16(17)20/h3-4,7-8,14H,2,5-6,9-13H2,1H3,(H,21,22). The van der Waals surface area contributed by atoms with Gasteiger partial charge in [-0.15, -0.1) is 11.3 Å². The zero-order valence-corrected chi connectivity index (χ0v) is 15.9. The average Bonchev–Trinajstić information content (AvgIpc) is 3.09. The number of likely N-dealkylation sites (N-methyl/N-ethyl adjacent to an activating group) is 1. The van der Waals surface area contributed by atoms with E-state index in [-0.39, 0.29) is 18.1 Å². The Balaban J connectivity index is 1.48. The number of piperidine rings is 1. The fourth-order valence-electron chi connectivity index (χ4n) is 3.01. The maximum Gasteiger partial charge on any atom is 0.228 e. The molecule has 1 fully saturated rings. The highest BCUT2D eigenvalue weighted by molar-refractivity contribution is 7.13. The van der Waals surface area contributed by atoms with Crippen LogP contribution in [0.4, 0.5) is 15.2 Å². The number of nitrogens with zero attached hydrogens (tertiary/aromatic N) is 3. The number of carbonyl (C=O) groups is 1. The molecule has 2 aromatic rings. The summed E-state index contributed by atoms with van der Waals surface area (Å²) in [7, 11) is 1.84. The van der Waals surface area contributed by atoms with E-state index in [9.17, 15) is 9.18 Å². The van der Waals surface area contributed by atoms with Crippen molar-refractivity contribution in [3.63, 3.8) is 0 Å². The molecule has 1 aromatic carbocycles. The van der Waals surface area contributed by atoms with Gasteiger partial charge in [0.2, 0.25) is 5.91 Å². The first-order valence-corrected chi connectivity index (χ1v) is 9.92. The van der Waals surface area contributed by atoms with Crippen LogP contribution in [0.2, 0.25) is 0 Å². The molecule has 0 bridgehead atoms. The molecular weight excluding hydrogens is 351 g/mol. The van der Waals surface area contributed by atoms with E-state index < -0.39 is 0 Å². The number of hydrogen-bond donors (Lipinski definition) is 1. The van der Waals surface area contributed by atoms with Crippen molar-refractivity contribution in [2.75, 3.05) is 38.5 Å². The summed E-state index contributed by atoms with van der Waals surface area (Å²) < 4.78 is 13.7. The van der Waals surface area contributed by atoms with Crippen LogP contribution in [0, 0.1) is 5.82 Å². The van der Waals surface area contributed by atoms with Gasteiger partial charge in [-0.2, -0.15) is 0 Å². The Morgan fingerprint density at radius 1 is 1.31 bits per heavy atom. The highest BCUT2D eigenvalue weighted by Gasteiger charge is 2.15. The fourth-order valence-corrected chi connectivity index (χ4v) is 3.73. The van der Waals surface area contributed by atoms with Gasteiger partial charge in [0.25, 0.3) is 0 Å². The lowest BCUT2D eigenvalue weighted by Gasteiger charge is -2.28. The molecule has 7 heteroatoms. The van der Waals surface area contributed by atoms with E-state index in [0.29, 0.717) is 16.5 Å². The van der Waals surface area contributed by atoms with Gasteiger partial charge < -0.3 is 15.1 Å². The van der Waals surface area contributed by atoms with Crippen molar-refractivity contribution in [1.82, 2.24) is 14.8 Å². The maximum absolute atomic E-state index is 13.7. The van der Waals surface area contributed by atoms with Gasteiger partial charge in [0.15, 0.2) is 5.13 Å². The minimum Gasteiger partial charge on any atom is -0.344 e. The predicted molar refractivity (Wildman–Crippen MR) is 103 cm³/mol. The minimum absolute atomic E-state index is 0.0600. The smallest absolute Gasteiger partial charge is 0.228 e. The van der Waals surface area contributed by atoms with Crippen molar-refractivity contribution < 1.29 is 9.18 Å². The topological polar surface area (TPSA) is 48.5 Å². The van der Waals surface area contributed by atoms with Crippen molar-refractivity contribution >= 4 is 28.1 Å². The van der Waals surface area contributed by atoms with Crippen LogP contribution in [0.3, 0.4) is 0 Å². The molecule has 0 aliphatic carbocycles. The van der Waals surface area contributed by atoms with Gasteiger partial charge in [0.1, 0.15) is 5.82 Å². The molecule has 140 valence electrons. The number of halogens is 1. The largest absolute Gasteiger partial charge is 0.344 e. The molecule has 0 radical (unpaired) electrons. The molecule has 0 spiro atoms. The van der Waals surface area contributed by atoms with E-state index in [4.69, 9.17) is 0 Å². The molecule has 1 aromatic heterocycles. The lowest BCUT2D eigenvalue weighted by Crippen LogP contribution is -2.39. The van der Waals surface area contributed by atoms with Crippen LogP contribution in [-0.2, 0) is 11.2 Å². The summed E-state index contributed by atoms with van der Waals surface area (Å²) in [5.74, 6) is -0.262. The number of para-hydroxylation sites is 1. The number of benzene rings is 1. The van der Waals surface area contributed by atoms with E-state index in [1.54, 1.807) is 23.1 Å². The molecular formula is C19H25FN4OS. The molecule has 1 amide bonds. The summed E-state index contributed by atoms with van der Waals surface area (Å²) >= 11 is 1.38. The summed E-state index contributed by atoms with van der Waals surface area (Å²) in [6.07, 6.45) is 4.10. The second-order valence-electron chi connectivity index (χ2n) is 6.64. The summed E-state index contributed by atoms with van der Waals surface area (Å²) in [5.41, 5.74) is 1.10. The molecule has 0 atom stereocenters. The van der Waals surface area contributed by atoms with Crippen LogP contribution in [0.1, 0.15) is 25.0 Å². The van der Waals surface area contributed by atoms with Crippen LogP contribution in [0.15, 0.2) is 29.6 Å². The number of anilines is 2. The Morgan fingerprint density at radius 3 is 2.85 bits per heavy atom. The number of likely N-dealkylation sites (tertiary alicyclic amines) is 1. The van der Waals surface area contributed by atoms with Crippen molar-refractivity contribution in [3.05, 3.63) is 41.2 Å². The van der Waals surface area contributed by atoms with Gasteiger partial charge in [-0.05, 0) is 38.1 Å². The number of amides is 1. The highest BCUT2D eigenvalue weighted by atomic mass is 32.1. The number of thiazole rings is 1. The maximum atomic E-state index is 13.7. The number of aromatic nitrogens is 1. The third-order valence-corrected chi connectivity index (χ3v) is 5.43. The quantitative estimate of drug-likeness (QED) is 0.803. The number of rotatable bonds is 7. The Kier molecular flexibility index (Phi) is 6.57. The number of nitrogens with one attached hydrogen (secondary N) is 1. The fraction of sp³-hybridized carbons (Fsp3) is 0.474. The van der Waals surface area contributed by atoms with E-state index in [2.05, 4.69) is 15.2 Å². The molecule has 1 saturated heterocycles. The minimum atomic E-state index is -0.322. The molecule has 5 nitrogen and oxygen atoms in total. The Morgan fingerprint density at radius 2 is 2.08 bits per heavy atom. The molecule has 1 aliphatic rings. The van der Waals surface area contributed by atoms with Gasteiger partial charge in [0.05, 0.1) is 17.8 Å². The van der Waals surface area contributed by atoms with E-state index in [0.717, 1.165) is 26.2 Å². The zero-order chi connectivity index (χ0) is 18.4. The van der Waals surface area contributed by atoms with Crippen LogP contribution in [0.25, 0.3) is 0 Å². The molecule has 2 heterocycles. The second-order valence-corrected chi connectivity index (χ2v) is 7.50. The first kappa shape index (κ1) is 18.8. The van der Waals surface area contributed by atoms with Crippen LogP contribution < -0.4 is 5.32 Å². The predicted octanol–water partition coefficient (Wildman–Crippen LogP) is 3.51. The summed E-state index contributed by atoms with van der Waals surface area (Å²) in [5, 5.41) is 5.40. The lowest BCUT2D eigenvalue weighted by atomic mass is 10.1. The summed E-state index contributed by atoms with van der Waals surface area (Å²) in [6, 6.07) is 6.47. The highest BCUT2D eigenvalue weighted by Crippen LogP contribution is 2.23. The molecule has 1 N–H and O–H groups in total. The summed E-state index contributed by atoms with van der Waals surface area (Å²) in [4.78, 5) is 21.0. The van der Waals surface area contributed by atoms with Gasteiger partial charge >= 0.3 is 0 Å². The first-order chi connectivity index (χ1) is 12.6. The number of carbonyl (C=O) groups excluding carboxylic acids is 1. The van der Waals surface area contributed by atoms with Gasteiger partial charge in [0, 0.05) is 25.5 Å². The zero-order valence-electron chi connectivity index (χ0n) is 15.1. The normalized spacial score (nSPS) is 15.0. The summed E-state index contributed by atoms with van der Waals surface area (Å²) in [6.45, 7) is 3.95. The Bertz CT molecular complexity index is 730. The SMILES string of the molecule is CN(CCN1CCCCC1)C(=O)Cc1csc(Nc2ccccc2F)n1. The van der Waals surface area contributed by atoms with Crippen molar-refractivity contribution in [1.29, 1.82) is 0 Å². The van der Waals surface area contributed by atoms with Gasteiger partial charge in [-0.3, -0.25) is 4.79 Å². The van der Waals surface area contributed by atoms with E-state index in [1.807, 2.05) is 12.4 Å². The van der Waals surface area contributed by atoms with Crippen LogP contribution >= 0.6 is 11.3 Å². The van der Waals surface area contributed by atoms with Gasteiger partial charge in [-0.25, -0.2) is 9.37 Å². The molecule has 3 rings (SSSR count). The van der Waals surface area contributed by atoms with Crippen molar-refractivity contribution in [2.45, 2.75) is 25.7 Å². The third kappa shape index (κ3) is 5.25. The molecule has 1 aliphatic heterocycles. The molecule has 0 unspecified atom stereocenters. The second kappa shape index (κ2) is 9.09. The molecule has 0 saturated carbocycles. The first-order valence-electron chi connectivity index (χ1n) is 9.04. The van der Waals surface area contributed by atoms with Crippen LogP contribution in [-0.4, -0.2) is 53.9 Å². The molecule has 26 heavy (non-hydrogen) atoms. The lowest BCUT2D eigenvalue weighted by molar-refractivity contribution is -0.129. The monoisotopic (exact) mass is 376 g/mol. The Hall–Kier alpha value is -1.99. The Labute approximate surface area is 157 Å².